The molecule has 0 radical (unpaired) electrons. The lowest BCUT2D eigenvalue weighted by Crippen LogP contribution is -1.90. The number of methoxy groups -OCH3 is 2. The first-order chi connectivity index (χ1) is 12.8. The zero-order valence-corrected chi connectivity index (χ0v) is 15.0. The van der Waals surface area contributed by atoms with Gasteiger partial charge in [0.25, 0.3) is 0 Å². The Hall–Kier alpha value is -2.82. The molecule has 0 saturated heterocycles. The lowest BCUT2D eigenvalue weighted by Gasteiger charge is -2.10. The molecule has 4 heteroatoms. The zero-order valence-electron chi connectivity index (χ0n) is 15.0. The van der Waals surface area contributed by atoms with E-state index in [9.17, 15) is 0 Å². The van der Waals surface area contributed by atoms with Gasteiger partial charge in [0.15, 0.2) is 0 Å². The van der Waals surface area contributed by atoms with Crippen LogP contribution in [0.2, 0.25) is 0 Å². The highest BCUT2D eigenvalue weighted by Gasteiger charge is 2.03. The topological polar surface area (TPSA) is 36.9 Å². The Morgan fingerprint density at radius 2 is 0.962 bits per heavy atom. The van der Waals surface area contributed by atoms with Crippen LogP contribution in [0.4, 0.5) is 0 Å². The van der Waals surface area contributed by atoms with Crippen LogP contribution in [0.5, 0.6) is 23.0 Å². The van der Waals surface area contributed by atoms with Gasteiger partial charge < -0.3 is 18.9 Å². The molecule has 3 aromatic carbocycles. The van der Waals surface area contributed by atoms with E-state index in [1.54, 1.807) is 14.2 Å². The van der Waals surface area contributed by atoms with Crippen molar-refractivity contribution in [2.75, 3.05) is 14.2 Å². The quantitative estimate of drug-likeness (QED) is 0.533. The lowest BCUT2D eigenvalue weighted by molar-refractivity contribution is 0.185. The fraction of sp³-hybridized carbons (Fsp3) is 0.182. The minimum atomic E-state index is 0.590. The van der Waals surface area contributed by atoms with Crippen LogP contribution in [0.25, 0.3) is 0 Å². The molecule has 0 amide bonds. The van der Waals surface area contributed by atoms with E-state index < -0.39 is 0 Å². The van der Waals surface area contributed by atoms with Crippen LogP contribution in [-0.2, 0) is 22.7 Å². The normalized spacial score (nSPS) is 10.5. The van der Waals surface area contributed by atoms with Gasteiger partial charge in [-0.25, -0.2) is 0 Å². The summed E-state index contributed by atoms with van der Waals surface area (Å²) in [6.07, 6.45) is 0. The summed E-state index contributed by atoms with van der Waals surface area (Å²) in [5, 5.41) is 0. The molecule has 0 aliphatic heterocycles. The minimum absolute atomic E-state index is 0.590. The molecule has 0 aromatic heterocycles. The third-order valence-electron chi connectivity index (χ3n) is 3.75. The summed E-state index contributed by atoms with van der Waals surface area (Å²) in [7, 11) is 3.36. The SMILES string of the molecule is COCc1ccc(Oc2cccc(Oc3ccc(COC)cc3)c2)cc1. The highest BCUT2D eigenvalue weighted by molar-refractivity contribution is 5.40. The summed E-state index contributed by atoms with van der Waals surface area (Å²) < 4.78 is 22.0. The van der Waals surface area contributed by atoms with Crippen molar-refractivity contribution in [1.82, 2.24) is 0 Å². The van der Waals surface area contributed by atoms with Gasteiger partial charge >= 0.3 is 0 Å². The zero-order chi connectivity index (χ0) is 18.2. The van der Waals surface area contributed by atoms with Crippen molar-refractivity contribution < 1.29 is 18.9 Å². The number of benzene rings is 3. The van der Waals surface area contributed by atoms with Crippen molar-refractivity contribution in [2.24, 2.45) is 0 Å². The molecule has 0 saturated carbocycles. The van der Waals surface area contributed by atoms with E-state index in [-0.39, 0.29) is 0 Å². The van der Waals surface area contributed by atoms with Crippen LogP contribution in [0, 0.1) is 0 Å². The average Bonchev–Trinajstić information content (AvgIpc) is 2.66. The van der Waals surface area contributed by atoms with Crippen LogP contribution < -0.4 is 9.47 Å². The summed E-state index contributed by atoms with van der Waals surface area (Å²) >= 11 is 0. The summed E-state index contributed by atoms with van der Waals surface area (Å²) in [4.78, 5) is 0. The van der Waals surface area contributed by atoms with E-state index in [1.165, 1.54) is 0 Å². The highest BCUT2D eigenvalue weighted by Crippen LogP contribution is 2.28. The smallest absolute Gasteiger partial charge is 0.131 e. The maximum Gasteiger partial charge on any atom is 0.131 e. The van der Waals surface area contributed by atoms with Crippen LogP contribution in [-0.4, -0.2) is 14.2 Å². The first-order valence-electron chi connectivity index (χ1n) is 8.38. The molecule has 4 nitrogen and oxygen atoms in total. The van der Waals surface area contributed by atoms with Gasteiger partial charge in [0.2, 0.25) is 0 Å². The summed E-state index contributed by atoms with van der Waals surface area (Å²) in [5.74, 6) is 2.98. The van der Waals surface area contributed by atoms with Gasteiger partial charge in [-0.2, -0.15) is 0 Å². The van der Waals surface area contributed by atoms with Gasteiger partial charge in [0, 0.05) is 20.3 Å². The maximum atomic E-state index is 5.90. The Morgan fingerprint density at radius 1 is 0.538 bits per heavy atom. The summed E-state index contributed by atoms with van der Waals surface area (Å²) in [6, 6.07) is 23.2. The molecule has 0 aliphatic carbocycles. The second kappa shape index (κ2) is 9.04. The Labute approximate surface area is 153 Å². The predicted molar refractivity (Wildman–Crippen MR) is 101 cm³/mol. The van der Waals surface area contributed by atoms with Gasteiger partial charge in [-0.1, -0.05) is 30.3 Å². The van der Waals surface area contributed by atoms with E-state index in [2.05, 4.69) is 0 Å². The van der Waals surface area contributed by atoms with Gasteiger partial charge in [0.05, 0.1) is 13.2 Å². The van der Waals surface area contributed by atoms with Crippen LogP contribution in [0.3, 0.4) is 0 Å². The third kappa shape index (κ3) is 5.09. The number of ether oxygens (including phenoxy) is 4. The first kappa shape index (κ1) is 18.0. The molecule has 0 aliphatic rings. The fourth-order valence-corrected chi connectivity index (χ4v) is 2.51. The third-order valence-corrected chi connectivity index (χ3v) is 3.75. The van der Waals surface area contributed by atoms with Gasteiger partial charge in [-0.3, -0.25) is 0 Å². The van der Waals surface area contributed by atoms with Crippen molar-refractivity contribution in [1.29, 1.82) is 0 Å². The minimum Gasteiger partial charge on any atom is -0.457 e. The summed E-state index contributed by atoms with van der Waals surface area (Å²) in [5.41, 5.74) is 2.21. The molecule has 3 aromatic rings. The van der Waals surface area contributed by atoms with Crippen LogP contribution >= 0.6 is 0 Å². The van der Waals surface area contributed by atoms with E-state index >= 15 is 0 Å². The van der Waals surface area contributed by atoms with Crippen molar-refractivity contribution >= 4 is 0 Å². The number of hydrogen-bond donors (Lipinski definition) is 0. The van der Waals surface area contributed by atoms with Crippen LogP contribution in [0.1, 0.15) is 11.1 Å². The second-order valence-corrected chi connectivity index (χ2v) is 5.83. The maximum absolute atomic E-state index is 5.90. The molecule has 0 unspecified atom stereocenters. The molecule has 0 spiro atoms. The molecular weight excluding hydrogens is 328 g/mol. The second-order valence-electron chi connectivity index (χ2n) is 5.83. The van der Waals surface area contributed by atoms with E-state index in [0.717, 1.165) is 34.1 Å². The molecule has 0 bridgehead atoms. The van der Waals surface area contributed by atoms with Crippen LogP contribution in [0.15, 0.2) is 72.8 Å². The Morgan fingerprint density at radius 3 is 1.35 bits per heavy atom. The molecule has 0 atom stereocenters. The van der Waals surface area contributed by atoms with Gasteiger partial charge in [-0.05, 0) is 47.5 Å². The highest BCUT2D eigenvalue weighted by atomic mass is 16.5. The molecule has 26 heavy (non-hydrogen) atoms. The van der Waals surface area contributed by atoms with Crippen molar-refractivity contribution in [3.8, 4) is 23.0 Å². The predicted octanol–water partition coefficient (Wildman–Crippen LogP) is 5.56. The van der Waals surface area contributed by atoms with E-state index in [0.29, 0.717) is 13.2 Å². The van der Waals surface area contributed by atoms with Crippen molar-refractivity contribution in [3.63, 3.8) is 0 Å². The number of rotatable bonds is 8. The van der Waals surface area contributed by atoms with Gasteiger partial charge in [0.1, 0.15) is 23.0 Å². The Kier molecular flexibility index (Phi) is 6.25. The Bertz CT molecular complexity index is 744. The van der Waals surface area contributed by atoms with E-state index in [1.807, 2.05) is 72.8 Å². The molecule has 3 rings (SSSR count). The monoisotopic (exact) mass is 350 g/mol. The number of hydrogen-bond acceptors (Lipinski definition) is 4. The van der Waals surface area contributed by atoms with Gasteiger partial charge in [-0.15, -0.1) is 0 Å². The molecule has 0 N–H and O–H groups in total. The van der Waals surface area contributed by atoms with Crippen molar-refractivity contribution in [2.45, 2.75) is 13.2 Å². The molecule has 134 valence electrons. The Balaban J connectivity index is 1.65. The van der Waals surface area contributed by atoms with E-state index in [4.69, 9.17) is 18.9 Å². The molecule has 0 heterocycles. The standard InChI is InChI=1S/C22H22O4/c1-23-15-17-6-10-19(11-7-17)25-21-4-3-5-22(14-21)26-20-12-8-18(9-13-20)16-24-2/h3-14H,15-16H2,1-2H3. The summed E-state index contributed by atoms with van der Waals surface area (Å²) in [6.45, 7) is 1.18. The lowest BCUT2D eigenvalue weighted by atomic mass is 10.2. The largest absolute Gasteiger partial charge is 0.457 e. The first-order valence-corrected chi connectivity index (χ1v) is 8.38. The molecule has 0 fully saturated rings. The average molecular weight is 350 g/mol. The van der Waals surface area contributed by atoms with Crippen molar-refractivity contribution in [3.05, 3.63) is 83.9 Å². The molecular formula is C22H22O4. The fourth-order valence-electron chi connectivity index (χ4n) is 2.51.